The van der Waals surface area contributed by atoms with E-state index in [4.69, 9.17) is 18.6 Å². The number of carboxylic acid groups (broad SMARTS) is 1. The van der Waals surface area contributed by atoms with E-state index < -0.39 is 52.4 Å². The molecule has 1 aromatic rings. The van der Waals surface area contributed by atoms with Gasteiger partial charge in [-0.25, -0.2) is 14.6 Å². The number of aryl methyl sites for hydroxylation is 1. The fraction of sp³-hybridized carbons (Fsp3) is 0.645. The van der Waals surface area contributed by atoms with Crippen LogP contribution in [0.2, 0.25) is 0 Å². The van der Waals surface area contributed by atoms with Crippen molar-refractivity contribution in [2.45, 2.75) is 107 Å². The lowest BCUT2D eigenvalue weighted by Gasteiger charge is -2.29. The molecule has 0 saturated carbocycles. The number of allylic oxidation sites excluding steroid dienone is 1. The molecule has 234 valence electrons. The van der Waals surface area contributed by atoms with Crippen LogP contribution in [-0.4, -0.2) is 79.8 Å². The van der Waals surface area contributed by atoms with Gasteiger partial charge in [0, 0.05) is 31.9 Å². The van der Waals surface area contributed by atoms with Crippen LogP contribution in [-0.2, 0) is 30.2 Å². The number of aliphatic hydroxyl groups is 2. The van der Waals surface area contributed by atoms with Crippen LogP contribution in [0.15, 0.2) is 41.1 Å². The molecule has 3 heterocycles. The molecular formula is C31H44BrNO9. The van der Waals surface area contributed by atoms with Crippen LogP contribution in [0.25, 0.3) is 5.57 Å². The van der Waals surface area contributed by atoms with E-state index in [9.17, 15) is 24.9 Å². The predicted molar refractivity (Wildman–Crippen MR) is 160 cm³/mol. The summed E-state index contributed by atoms with van der Waals surface area (Å²) in [5, 5.41) is 29.9. The average molecular weight is 655 g/mol. The number of aromatic nitrogens is 1. The number of methoxy groups -OCH3 is 1. The van der Waals surface area contributed by atoms with Crippen molar-refractivity contribution in [2.24, 2.45) is 11.8 Å². The van der Waals surface area contributed by atoms with E-state index in [1.807, 2.05) is 13.8 Å². The summed E-state index contributed by atoms with van der Waals surface area (Å²) in [7, 11) is 1.61. The molecule has 0 aromatic carbocycles. The Hall–Kier alpha value is -2.31. The van der Waals surface area contributed by atoms with E-state index in [0.717, 1.165) is 12.0 Å². The summed E-state index contributed by atoms with van der Waals surface area (Å²) in [6.07, 6.45) is 9.38. The Balaban J connectivity index is 1.88. The second-order valence-corrected chi connectivity index (χ2v) is 13.0. The maximum Gasteiger partial charge on any atom is 0.335 e. The zero-order valence-electron chi connectivity index (χ0n) is 25.2. The van der Waals surface area contributed by atoms with E-state index in [0.29, 0.717) is 30.8 Å². The molecule has 10 nitrogen and oxygen atoms in total. The number of rotatable bonds is 6. The second kappa shape index (κ2) is 14.4. The largest absolute Gasteiger partial charge is 0.479 e. The molecule has 2 aliphatic rings. The number of ether oxygens (including phenoxy) is 3. The number of nitrogens with zero attached hydrogens (tertiary/aromatic N) is 1. The van der Waals surface area contributed by atoms with Crippen molar-refractivity contribution in [3.05, 3.63) is 48.2 Å². The zero-order valence-corrected chi connectivity index (χ0v) is 26.7. The van der Waals surface area contributed by atoms with Gasteiger partial charge in [0.2, 0.25) is 0 Å². The van der Waals surface area contributed by atoms with Crippen molar-refractivity contribution < 1.29 is 43.5 Å². The highest BCUT2D eigenvalue weighted by Crippen LogP contribution is 2.43. The highest BCUT2D eigenvalue weighted by molar-refractivity contribution is 9.09. The van der Waals surface area contributed by atoms with Crippen LogP contribution < -0.4 is 0 Å². The Morgan fingerprint density at radius 2 is 2.02 bits per heavy atom. The number of hydrogen-bond acceptors (Lipinski definition) is 9. The van der Waals surface area contributed by atoms with Crippen LogP contribution in [0.4, 0.5) is 0 Å². The summed E-state index contributed by atoms with van der Waals surface area (Å²) in [6.45, 7) is 8.90. The standard InChI is InChI=1S/C31H44BrNO9/c1-18-9-11-24-33-21(17-40-24)20(3)16-22(34)19(2)10-12-25(35)41-27-26(23(15-18)39-6)42-31(5,28(27)32)14-8-7-13-30(4,38)29(36)37/h7-8,10,12,16-19,22-23,26-28,34,38H,9,11,13-15H2,1-6H3,(H,36,37)/b8-7-,12-10+,20-16+/t18?,19-,22-,23?,26+,27+,28-,30?,31+/m0/s1. The van der Waals surface area contributed by atoms with Crippen molar-refractivity contribution in [3.63, 3.8) is 0 Å². The molecule has 42 heavy (non-hydrogen) atoms. The lowest BCUT2D eigenvalue weighted by atomic mass is 9.91. The lowest BCUT2D eigenvalue weighted by Crippen LogP contribution is -2.42. The van der Waals surface area contributed by atoms with Gasteiger partial charge in [0.05, 0.1) is 22.6 Å². The third-order valence-electron chi connectivity index (χ3n) is 8.12. The first kappa shape index (κ1) is 34.2. The SMILES string of the molecule is COC1CC(C)CCc2nc(co2)/C(C)=C/[C@H](O)[C@@H](C)/C=C/C(=O)O[C@@H]2[C@@H]1O[C@](C)(C/C=C\CC(C)(O)C(=O)O)[C@H]2Br. The first-order valence-corrected chi connectivity index (χ1v) is 15.2. The van der Waals surface area contributed by atoms with Crippen LogP contribution in [0.5, 0.6) is 0 Å². The van der Waals surface area contributed by atoms with Gasteiger partial charge in [-0.1, -0.05) is 54.1 Å². The quantitative estimate of drug-likeness (QED) is 0.225. The Morgan fingerprint density at radius 1 is 1.31 bits per heavy atom. The molecule has 3 N–H and O–H groups in total. The van der Waals surface area contributed by atoms with Gasteiger partial charge in [0.1, 0.15) is 24.2 Å². The summed E-state index contributed by atoms with van der Waals surface area (Å²) >= 11 is 3.73. The molecule has 0 spiro atoms. The number of oxazole rings is 1. The fourth-order valence-corrected chi connectivity index (χ4v) is 5.82. The number of aliphatic hydroxyl groups excluding tert-OH is 1. The van der Waals surface area contributed by atoms with E-state index >= 15 is 0 Å². The highest BCUT2D eigenvalue weighted by Gasteiger charge is 2.55. The van der Waals surface area contributed by atoms with Crippen LogP contribution >= 0.6 is 15.9 Å². The number of carboxylic acids is 1. The number of esters is 1. The number of alkyl halides is 1. The van der Waals surface area contributed by atoms with Crippen molar-refractivity contribution >= 4 is 33.4 Å². The molecule has 0 amide bonds. The number of fused-ring (bicyclic) bond motifs is 3. The monoisotopic (exact) mass is 653 g/mol. The average Bonchev–Trinajstić information content (AvgIpc) is 3.50. The van der Waals surface area contributed by atoms with Gasteiger partial charge in [-0.2, -0.15) is 0 Å². The summed E-state index contributed by atoms with van der Waals surface area (Å²) < 4.78 is 24.2. The summed E-state index contributed by atoms with van der Waals surface area (Å²) in [5.41, 5.74) is -1.27. The Kier molecular flexibility index (Phi) is 11.8. The topological polar surface area (TPSA) is 149 Å². The molecule has 11 heteroatoms. The number of aliphatic carboxylic acids is 1. The van der Waals surface area contributed by atoms with Gasteiger partial charge in [0.15, 0.2) is 11.5 Å². The summed E-state index contributed by atoms with van der Waals surface area (Å²) in [5.74, 6) is -1.43. The fourth-order valence-electron chi connectivity index (χ4n) is 5.12. The van der Waals surface area contributed by atoms with Crippen LogP contribution in [0.3, 0.4) is 0 Å². The van der Waals surface area contributed by atoms with Crippen LogP contribution in [0, 0.1) is 11.8 Å². The molecular weight excluding hydrogens is 610 g/mol. The molecule has 3 unspecified atom stereocenters. The molecule has 0 radical (unpaired) electrons. The van der Waals surface area contributed by atoms with E-state index in [2.05, 4.69) is 27.8 Å². The van der Waals surface area contributed by atoms with Gasteiger partial charge in [-0.3, -0.25) is 0 Å². The first-order valence-electron chi connectivity index (χ1n) is 14.3. The number of halogens is 1. The number of hydrogen-bond donors (Lipinski definition) is 3. The van der Waals surface area contributed by atoms with Gasteiger partial charge in [-0.05, 0) is 51.5 Å². The number of carbonyl (C=O) groups is 2. The van der Waals surface area contributed by atoms with Crippen molar-refractivity contribution in [3.8, 4) is 0 Å². The second-order valence-electron chi connectivity index (χ2n) is 12.0. The van der Waals surface area contributed by atoms with Gasteiger partial charge >= 0.3 is 11.9 Å². The van der Waals surface area contributed by atoms with Gasteiger partial charge in [-0.15, -0.1) is 0 Å². The third kappa shape index (κ3) is 8.63. The summed E-state index contributed by atoms with van der Waals surface area (Å²) in [6, 6.07) is 0. The molecule has 1 saturated heterocycles. The van der Waals surface area contributed by atoms with E-state index in [1.165, 1.54) is 13.0 Å². The Morgan fingerprint density at radius 3 is 2.69 bits per heavy atom. The minimum atomic E-state index is -1.88. The van der Waals surface area contributed by atoms with Gasteiger partial charge < -0.3 is 33.9 Å². The van der Waals surface area contributed by atoms with Gasteiger partial charge in [0.25, 0.3) is 0 Å². The van der Waals surface area contributed by atoms with Crippen LogP contribution in [0.1, 0.15) is 71.9 Å². The molecule has 1 fully saturated rings. The predicted octanol–water partition coefficient (Wildman–Crippen LogP) is 4.62. The molecule has 9 atom stereocenters. The number of carbonyl (C=O) groups excluding carboxylic acids is 1. The molecule has 1 aromatic heterocycles. The Labute approximate surface area is 255 Å². The smallest absolute Gasteiger partial charge is 0.335 e. The van der Waals surface area contributed by atoms with E-state index in [-0.39, 0.29) is 18.3 Å². The maximum atomic E-state index is 13.0. The third-order valence-corrected chi connectivity index (χ3v) is 9.61. The molecule has 3 rings (SSSR count). The molecule has 2 bridgehead atoms. The zero-order chi connectivity index (χ0) is 31.2. The minimum Gasteiger partial charge on any atom is -0.479 e. The van der Waals surface area contributed by atoms with E-state index in [1.54, 1.807) is 44.6 Å². The van der Waals surface area contributed by atoms with Crippen molar-refractivity contribution in [1.29, 1.82) is 0 Å². The summed E-state index contributed by atoms with van der Waals surface area (Å²) in [4.78, 5) is 28.4. The molecule has 2 aliphatic heterocycles. The Bertz CT molecular complexity index is 1170. The molecule has 0 aliphatic carbocycles. The lowest BCUT2D eigenvalue weighted by molar-refractivity contribution is -0.156. The van der Waals surface area contributed by atoms with Crippen molar-refractivity contribution in [2.75, 3.05) is 7.11 Å². The maximum absolute atomic E-state index is 13.0. The normalized spacial score (nSPS) is 36.6. The minimum absolute atomic E-state index is 0.0685. The first-order chi connectivity index (χ1) is 19.7. The van der Waals surface area contributed by atoms with Crippen molar-refractivity contribution in [1.82, 2.24) is 4.98 Å². The highest BCUT2D eigenvalue weighted by atomic mass is 79.9.